The zero-order valence-electron chi connectivity index (χ0n) is 16.9. The van der Waals surface area contributed by atoms with Crippen LogP contribution < -0.4 is 10.6 Å². The maximum atomic E-state index is 12.6. The van der Waals surface area contributed by atoms with Crippen LogP contribution in [-0.4, -0.2) is 68.1 Å². The first kappa shape index (κ1) is 21.0. The first-order valence-electron chi connectivity index (χ1n) is 10.5. The molecule has 1 aliphatic heterocycles. The number of carbonyl (C=O) groups excluding carboxylic acids is 2. The third-order valence-corrected chi connectivity index (χ3v) is 5.96. The molecule has 1 saturated heterocycles. The molecule has 0 radical (unpaired) electrons. The summed E-state index contributed by atoms with van der Waals surface area (Å²) in [4.78, 5) is 28.8. The Morgan fingerprint density at radius 1 is 1.08 bits per heavy atom. The molecule has 1 saturated carbocycles. The molecular formula is C20H38N4O2. The lowest BCUT2D eigenvalue weighted by atomic mass is 9.81. The third-order valence-electron chi connectivity index (χ3n) is 5.96. The van der Waals surface area contributed by atoms with E-state index >= 15 is 0 Å². The second kappa shape index (κ2) is 10.8. The highest BCUT2D eigenvalue weighted by Gasteiger charge is 2.32. The van der Waals surface area contributed by atoms with Crippen molar-refractivity contribution in [2.45, 2.75) is 64.3 Å². The summed E-state index contributed by atoms with van der Waals surface area (Å²) in [5.74, 6) is 0.953. The van der Waals surface area contributed by atoms with Gasteiger partial charge in [-0.2, -0.15) is 0 Å². The van der Waals surface area contributed by atoms with E-state index in [1.807, 2.05) is 19.0 Å². The molecule has 0 spiro atoms. The Bertz CT molecular complexity index is 449. The van der Waals surface area contributed by atoms with Crippen molar-refractivity contribution in [1.82, 2.24) is 20.4 Å². The standard InChI is InChI=1S/C20H38N4O2/c1-4-16-15-24(20(26)22-18-8-6-5-7-9-18)12-10-17(16)14-19(25)21-11-13-23(2)3/h16-18H,4-15H2,1-3H3,(H,21,25)(H,22,26)/t16-,17-/m0/s1. The number of likely N-dealkylation sites (tertiary alicyclic amines) is 1. The number of carbonyl (C=O) groups is 2. The van der Waals surface area contributed by atoms with E-state index in [-0.39, 0.29) is 11.9 Å². The minimum absolute atomic E-state index is 0.101. The van der Waals surface area contributed by atoms with Crippen LogP contribution in [0.15, 0.2) is 0 Å². The van der Waals surface area contributed by atoms with Gasteiger partial charge in [0.05, 0.1) is 0 Å². The summed E-state index contributed by atoms with van der Waals surface area (Å²) < 4.78 is 0. The minimum Gasteiger partial charge on any atom is -0.355 e. The van der Waals surface area contributed by atoms with Gasteiger partial charge in [-0.05, 0) is 45.2 Å². The quantitative estimate of drug-likeness (QED) is 0.727. The molecule has 0 aromatic heterocycles. The van der Waals surface area contributed by atoms with Crippen molar-refractivity contribution in [3.8, 4) is 0 Å². The highest BCUT2D eigenvalue weighted by atomic mass is 16.2. The molecule has 2 rings (SSSR count). The number of urea groups is 1. The summed E-state index contributed by atoms with van der Waals surface area (Å²) >= 11 is 0. The molecule has 0 aromatic rings. The Hall–Kier alpha value is -1.30. The van der Waals surface area contributed by atoms with Gasteiger partial charge < -0.3 is 20.4 Å². The SMILES string of the molecule is CC[C@H]1CN(C(=O)NC2CCCCC2)CC[C@H]1CC(=O)NCCN(C)C. The van der Waals surface area contributed by atoms with Gasteiger partial charge >= 0.3 is 6.03 Å². The maximum absolute atomic E-state index is 12.6. The van der Waals surface area contributed by atoms with Gasteiger partial charge in [0.2, 0.25) is 5.91 Å². The topological polar surface area (TPSA) is 64.7 Å². The zero-order chi connectivity index (χ0) is 18.9. The molecule has 2 aliphatic rings. The molecule has 150 valence electrons. The van der Waals surface area contributed by atoms with Crippen molar-refractivity contribution in [3.63, 3.8) is 0 Å². The van der Waals surface area contributed by atoms with E-state index in [2.05, 4.69) is 22.5 Å². The highest BCUT2D eigenvalue weighted by Crippen LogP contribution is 2.29. The van der Waals surface area contributed by atoms with Gasteiger partial charge in [-0.15, -0.1) is 0 Å². The molecule has 0 bridgehead atoms. The average molecular weight is 367 g/mol. The molecule has 26 heavy (non-hydrogen) atoms. The van der Waals surface area contributed by atoms with Crippen molar-refractivity contribution in [2.75, 3.05) is 40.3 Å². The Morgan fingerprint density at radius 3 is 2.46 bits per heavy atom. The van der Waals surface area contributed by atoms with Crippen LogP contribution in [0.4, 0.5) is 4.79 Å². The van der Waals surface area contributed by atoms with Crippen molar-refractivity contribution in [3.05, 3.63) is 0 Å². The highest BCUT2D eigenvalue weighted by molar-refractivity contribution is 5.76. The molecule has 2 N–H and O–H groups in total. The van der Waals surface area contributed by atoms with E-state index < -0.39 is 0 Å². The predicted octanol–water partition coefficient (Wildman–Crippen LogP) is 2.44. The van der Waals surface area contributed by atoms with Crippen molar-refractivity contribution < 1.29 is 9.59 Å². The van der Waals surface area contributed by atoms with E-state index in [0.717, 1.165) is 45.3 Å². The average Bonchev–Trinajstić information content (AvgIpc) is 2.62. The molecule has 1 heterocycles. The summed E-state index contributed by atoms with van der Waals surface area (Å²) in [7, 11) is 4.01. The van der Waals surface area contributed by atoms with Gasteiger partial charge in [0, 0.05) is 38.6 Å². The summed E-state index contributed by atoms with van der Waals surface area (Å²) in [6, 6.07) is 0.459. The monoisotopic (exact) mass is 366 g/mol. The molecule has 0 unspecified atom stereocenters. The second-order valence-electron chi connectivity index (χ2n) is 8.30. The fourth-order valence-corrected chi connectivity index (χ4v) is 4.24. The Balaban J connectivity index is 1.76. The van der Waals surface area contributed by atoms with Crippen LogP contribution in [0.1, 0.15) is 58.3 Å². The lowest BCUT2D eigenvalue weighted by molar-refractivity contribution is -0.122. The van der Waals surface area contributed by atoms with Gasteiger partial charge in [0.1, 0.15) is 0 Å². The molecule has 1 aliphatic carbocycles. The molecular weight excluding hydrogens is 328 g/mol. The predicted molar refractivity (Wildman–Crippen MR) is 105 cm³/mol. The molecule has 6 nitrogen and oxygen atoms in total. The lowest BCUT2D eigenvalue weighted by Gasteiger charge is -2.39. The van der Waals surface area contributed by atoms with Crippen LogP contribution in [0.25, 0.3) is 0 Å². The number of amides is 3. The van der Waals surface area contributed by atoms with Crippen LogP contribution in [-0.2, 0) is 4.79 Å². The number of hydrogen-bond acceptors (Lipinski definition) is 3. The van der Waals surface area contributed by atoms with Crippen molar-refractivity contribution in [1.29, 1.82) is 0 Å². The van der Waals surface area contributed by atoms with Crippen molar-refractivity contribution in [2.24, 2.45) is 11.8 Å². The summed E-state index contributed by atoms with van der Waals surface area (Å²) in [5.41, 5.74) is 0. The number of nitrogens with one attached hydrogen (secondary N) is 2. The fourth-order valence-electron chi connectivity index (χ4n) is 4.24. The van der Waals surface area contributed by atoms with E-state index in [1.165, 1.54) is 19.3 Å². The Kier molecular flexibility index (Phi) is 8.69. The van der Waals surface area contributed by atoms with Gasteiger partial charge in [0.25, 0.3) is 0 Å². The molecule has 0 aromatic carbocycles. The Morgan fingerprint density at radius 2 is 1.81 bits per heavy atom. The third kappa shape index (κ3) is 6.78. The second-order valence-corrected chi connectivity index (χ2v) is 8.30. The largest absolute Gasteiger partial charge is 0.355 e. The number of likely N-dealkylation sites (N-methyl/N-ethyl adjacent to an activating group) is 1. The first-order chi connectivity index (χ1) is 12.5. The Labute approximate surface area is 159 Å². The van der Waals surface area contributed by atoms with E-state index in [9.17, 15) is 9.59 Å². The van der Waals surface area contributed by atoms with Gasteiger partial charge in [-0.25, -0.2) is 4.79 Å². The minimum atomic E-state index is 0.101. The summed E-state index contributed by atoms with van der Waals surface area (Å²) in [6.07, 6.45) is 8.52. The molecule has 3 amide bonds. The first-order valence-corrected chi connectivity index (χ1v) is 10.5. The van der Waals surface area contributed by atoms with E-state index in [1.54, 1.807) is 0 Å². The normalized spacial score (nSPS) is 24.5. The van der Waals surface area contributed by atoms with E-state index in [0.29, 0.717) is 30.8 Å². The van der Waals surface area contributed by atoms with Gasteiger partial charge in [0.15, 0.2) is 0 Å². The smallest absolute Gasteiger partial charge is 0.317 e. The molecule has 2 fully saturated rings. The van der Waals surface area contributed by atoms with Crippen LogP contribution >= 0.6 is 0 Å². The maximum Gasteiger partial charge on any atom is 0.317 e. The van der Waals surface area contributed by atoms with Crippen LogP contribution in [0.5, 0.6) is 0 Å². The number of piperidine rings is 1. The molecule has 2 atom stereocenters. The summed E-state index contributed by atoms with van der Waals surface area (Å²) in [5, 5.41) is 6.25. The zero-order valence-corrected chi connectivity index (χ0v) is 16.9. The van der Waals surface area contributed by atoms with Crippen molar-refractivity contribution >= 4 is 11.9 Å². The molecule has 6 heteroatoms. The number of hydrogen-bond donors (Lipinski definition) is 2. The van der Waals surface area contributed by atoms with Crippen LogP contribution in [0, 0.1) is 11.8 Å². The fraction of sp³-hybridized carbons (Fsp3) is 0.900. The van der Waals surface area contributed by atoms with E-state index in [4.69, 9.17) is 0 Å². The number of nitrogens with zero attached hydrogens (tertiary/aromatic N) is 2. The van der Waals surface area contributed by atoms with Crippen LogP contribution in [0.2, 0.25) is 0 Å². The summed E-state index contributed by atoms with van der Waals surface area (Å²) in [6.45, 7) is 5.29. The van der Waals surface area contributed by atoms with Crippen LogP contribution in [0.3, 0.4) is 0 Å². The van der Waals surface area contributed by atoms with Gasteiger partial charge in [-0.3, -0.25) is 4.79 Å². The number of rotatable bonds is 7. The van der Waals surface area contributed by atoms with Gasteiger partial charge in [-0.1, -0.05) is 32.6 Å². The lowest BCUT2D eigenvalue weighted by Crippen LogP contribution is -2.51.